The minimum absolute atomic E-state index is 0.225. The zero-order chi connectivity index (χ0) is 20.6. The molecule has 0 radical (unpaired) electrons. The van der Waals surface area contributed by atoms with Gasteiger partial charge in [-0.2, -0.15) is 0 Å². The standard InChI is InChI=1S/C23H17NO5/c25-14-16-10-12-18(13-11-16)23(28)29-15-21(26)24-20-9-5-4-8-19(20)22(27)17-6-2-1-3-7-17/h1-14H,15H2,(H,24,26). The van der Waals surface area contributed by atoms with Crippen molar-refractivity contribution in [2.45, 2.75) is 0 Å². The maximum atomic E-state index is 12.7. The topological polar surface area (TPSA) is 89.5 Å². The molecular formula is C23H17NO5. The molecule has 1 amide bonds. The number of para-hydroxylation sites is 1. The van der Waals surface area contributed by atoms with Gasteiger partial charge in [-0.25, -0.2) is 4.79 Å². The number of hydrogen-bond donors (Lipinski definition) is 1. The van der Waals surface area contributed by atoms with Crippen LogP contribution in [0.5, 0.6) is 0 Å². The number of hydrogen-bond acceptors (Lipinski definition) is 5. The number of carbonyl (C=O) groups is 4. The Bertz CT molecular complexity index is 1040. The fraction of sp³-hybridized carbons (Fsp3) is 0.0435. The van der Waals surface area contributed by atoms with E-state index in [4.69, 9.17) is 4.74 Å². The Morgan fingerprint density at radius 2 is 1.45 bits per heavy atom. The number of anilines is 1. The number of nitrogens with one attached hydrogen (secondary N) is 1. The number of benzene rings is 3. The van der Waals surface area contributed by atoms with Crippen LogP contribution in [0, 0.1) is 0 Å². The van der Waals surface area contributed by atoms with Gasteiger partial charge in [-0.15, -0.1) is 0 Å². The summed E-state index contributed by atoms with van der Waals surface area (Å²) in [6.07, 6.45) is 0.663. The first-order chi connectivity index (χ1) is 14.1. The van der Waals surface area contributed by atoms with Gasteiger partial charge in [-0.3, -0.25) is 14.4 Å². The summed E-state index contributed by atoms with van der Waals surface area (Å²) in [4.78, 5) is 47.6. The van der Waals surface area contributed by atoms with Gasteiger partial charge in [-0.1, -0.05) is 54.6 Å². The van der Waals surface area contributed by atoms with Crippen molar-refractivity contribution in [2.24, 2.45) is 0 Å². The van der Waals surface area contributed by atoms with Gasteiger partial charge in [0.15, 0.2) is 12.4 Å². The molecule has 0 fully saturated rings. The molecule has 0 aliphatic heterocycles. The molecule has 0 bridgehead atoms. The highest BCUT2D eigenvalue weighted by Gasteiger charge is 2.16. The lowest BCUT2D eigenvalue weighted by Crippen LogP contribution is -2.22. The molecule has 29 heavy (non-hydrogen) atoms. The van der Waals surface area contributed by atoms with Gasteiger partial charge in [0, 0.05) is 16.7 Å². The Labute approximate surface area is 167 Å². The van der Waals surface area contributed by atoms with Crippen LogP contribution >= 0.6 is 0 Å². The predicted octanol–water partition coefficient (Wildman–Crippen LogP) is 3.53. The van der Waals surface area contributed by atoms with E-state index in [0.29, 0.717) is 28.7 Å². The van der Waals surface area contributed by atoms with Crippen LogP contribution in [0.3, 0.4) is 0 Å². The third-order valence-electron chi connectivity index (χ3n) is 4.10. The molecule has 0 aliphatic rings. The lowest BCUT2D eigenvalue weighted by Gasteiger charge is -2.11. The summed E-state index contributed by atoms with van der Waals surface area (Å²) >= 11 is 0. The van der Waals surface area contributed by atoms with Crippen molar-refractivity contribution in [3.63, 3.8) is 0 Å². The molecule has 0 heterocycles. The van der Waals surface area contributed by atoms with E-state index in [-0.39, 0.29) is 11.3 Å². The van der Waals surface area contributed by atoms with Crippen LogP contribution in [0.1, 0.15) is 36.6 Å². The average molecular weight is 387 g/mol. The van der Waals surface area contributed by atoms with Crippen LogP contribution in [-0.2, 0) is 9.53 Å². The van der Waals surface area contributed by atoms with Gasteiger partial charge in [0.1, 0.15) is 6.29 Å². The van der Waals surface area contributed by atoms with Gasteiger partial charge >= 0.3 is 5.97 Å². The lowest BCUT2D eigenvalue weighted by molar-refractivity contribution is -0.119. The quantitative estimate of drug-likeness (QED) is 0.381. The molecule has 3 aromatic carbocycles. The van der Waals surface area contributed by atoms with Gasteiger partial charge in [0.2, 0.25) is 0 Å². The van der Waals surface area contributed by atoms with Crippen molar-refractivity contribution in [1.29, 1.82) is 0 Å². The monoisotopic (exact) mass is 387 g/mol. The smallest absolute Gasteiger partial charge is 0.338 e. The molecule has 3 rings (SSSR count). The summed E-state index contributed by atoms with van der Waals surface area (Å²) < 4.78 is 5.00. The second-order valence-electron chi connectivity index (χ2n) is 6.10. The first-order valence-corrected chi connectivity index (χ1v) is 8.79. The Morgan fingerprint density at radius 3 is 2.14 bits per heavy atom. The maximum Gasteiger partial charge on any atom is 0.338 e. The van der Waals surface area contributed by atoms with Crippen LogP contribution < -0.4 is 5.32 Å². The second kappa shape index (κ2) is 9.23. The van der Waals surface area contributed by atoms with Crippen LogP contribution in [0.4, 0.5) is 5.69 Å². The van der Waals surface area contributed by atoms with Crippen molar-refractivity contribution >= 4 is 29.6 Å². The van der Waals surface area contributed by atoms with E-state index >= 15 is 0 Å². The fourth-order valence-corrected chi connectivity index (χ4v) is 2.63. The molecule has 0 aliphatic carbocycles. The van der Waals surface area contributed by atoms with Crippen molar-refractivity contribution in [3.05, 3.63) is 101 Å². The molecule has 0 atom stereocenters. The second-order valence-corrected chi connectivity index (χ2v) is 6.10. The molecule has 144 valence electrons. The summed E-state index contributed by atoms with van der Waals surface area (Å²) in [7, 11) is 0. The number of ether oxygens (including phenoxy) is 1. The van der Waals surface area contributed by atoms with Crippen LogP contribution in [0.25, 0.3) is 0 Å². The van der Waals surface area contributed by atoms with E-state index in [1.54, 1.807) is 48.5 Å². The zero-order valence-electron chi connectivity index (χ0n) is 15.3. The van der Waals surface area contributed by atoms with E-state index in [9.17, 15) is 19.2 Å². The highest BCUT2D eigenvalue weighted by molar-refractivity contribution is 6.14. The van der Waals surface area contributed by atoms with Gasteiger partial charge < -0.3 is 10.1 Å². The number of aldehydes is 1. The zero-order valence-corrected chi connectivity index (χ0v) is 15.3. The molecule has 6 heteroatoms. The third-order valence-corrected chi connectivity index (χ3v) is 4.10. The van der Waals surface area contributed by atoms with Crippen LogP contribution in [-0.4, -0.2) is 30.6 Å². The number of rotatable bonds is 7. The Morgan fingerprint density at radius 1 is 0.793 bits per heavy atom. The molecule has 0 spiro atoms. The Hall–Kier alpha value is -4.06. The lowest BCUT2D eigenvalue weighted by atomic mass is 10.0. The number of carbonyl (C=O) groups excluding carboxylic acids is 4. The minimum Gasteiger partial charge on any atom is -0.452 e. The van der Waals surface area contributed by atoms with Crippen molar-refractivity contribution in [2.75, 3.05) is 11.9 Å². The molecule has 0 saturated heterocycles. The molecule has 6 nitrogen and oxygen atoms in total. The van der Waals surface area contributed by atoms with E-state index in [0.717, 1.165) is 0 Å². The fourth-order valence-electron chi connectivity index (χ4n) is 2.63. The molecule has 3 aromatic rings. The van der Waals surface area contributed by atoms with Gasteiger partial charge in [-0.05, 0) is 24.3 Å². The summed E-state index contributed by atoms with van der Waals surface area (Å²) in [5.74, 6) is -1.49. The van der Waals surface area contributed by atoms with Crippen molar-refractivity contribution in [3.8, 4) is 0 Å². The Kier molecular flexibility index (Phi) is 6.27. The normalized spacial score (nSPS) is 10.1. The maximum absolute atomic E-state index is 12.7. The molecule has 1 N–H and O–H groups in total. The molecule has 0 aromatic heterocycles. The van der Waals surface area contributed by atoms with Crippen LogP contribution in [0.15, 0.2) is 78.9 Å². The number of amides is 1. The summed E-state index contributed by atoms with van der Waals surface area (Å²) in [5, 5.41) is 2.60. The van der Waals surface area contributed by atoms with Crippen LogP contribution in [0.2, 0.25) is 0 Å². The summed E-state index contributed by atoms with van der Waals surface area (Å²) in [6, 6.07) is 21.2. The van der Waals surface area contributed by atoms with E-state index in [1.165, 1.54) is 24.3 Å². The average Bonchev–Trinajstić information content (AvgIpc) is 2.78. The summed E-state index contributed by atoms with van der Waals surface area (Å²) in [6.45, 7) is -0.512. The highest BCUT2D eigenvalue weighted by Crippen LogP contribution is 2.19. The van der Waals surface area contributed by atoms with Gasteiger partial charge in [0.05, 0.1) is 11.3 Å². The molecule has 0 unspecified atom stereocenters. The highest BCUT2D eigenvalue weighted by atomic mass is 16.5. The molecule has 0 saturated carbocycles. The first kappa shape index (κ1) is 19.7. The number of esters is 1. The van der Waals surface area contributed by atoms with Crippen molar-refractivity contribution < 1.29 is 23.9 Å². The largest absolute Gasteiger partial charge is 0.452 e. The predicted molar refractivity (Wildman–Crippen MR) is 107 cm³/mol. The van der Waals surface area contributed by atoms with E-state index < -0.39 is 18.5 Å². The van der Waals surface area contributed by atoms with Crippen molar-refractivity contribution in [1.82, 2.24) is 0 Å². The summed E-state index contributed by atoms with van der Waals surface area (Å²) in [5.41, 5.74) is 1.82. The molecular weight excluding hydrogens is 370 g/mol. The van der Waals surface area contributed by atoms with E-state index in [2.05, 4.69) is 5.32 Å². The SMILES string of the molecule is O=Cc1ccc(C(=O)OCC(=O)Nc2ccccc2C(=O)c2ccccc2)cc1. The van der Waals surface area contributed by atoms with Gasteiger partial charge in [0.25, 0.3) is 5.91 Å². The van der Waals surface area contributed by atoms with E-state index in [1.807, 2.05) is 6.07 Å². The minimum atomic E-state index is -0.689. The first-order valence-electron chi connectivity index (χ1n) is 8.79. The third kappa shape index (κ3) is 5.01. The Balaban J connectivity index is 1.64. The number of ketones is 1.